The summed E-state index contributed by atoms with van der Waals surface area (Å²) in [6.45, 7) is 2.27. The highest BCUT2D eigenvalue weighted by molar-refractivity contribution is 4.99. The van der Waals surface area contributed by atoms with E-state index in [4.69, 9.17) is 0 Å². The van der Waals surface area contributed by atoms with Gasteiger partial charge in [-0.2, -0.15) is 5.26 Å². The molecule has 1 aliphatic carbocycles. The minimum Gasteiger partial charge on any atom is -0.198 e. The van der Waals surface area contributed by atoms with Crippen molar-refractivity contribution in [3.8, 4) is 6.07 Å². The van der Waals surface area contributed by atoms with Gasteiger partial charge in [-0.05, 0) is 19.3 Å². The van der Waals surface area contributed by atoms with Crippen molar-refractivity contribution in [3.05, 3.63) is 0 Å². The lowest BCUT2D eigenvalue weighted by atomic mass is 9.74. The van der Waals surface area contributed by atoms with Crippen molar-refractivity contribution >= 4 is 0 Å². The summed E-state index contributed by atoms with van der Waals surface area (Å²) < 4.78 is 0. The topological polar surface area (TPSA) is 23.8 Å². The van der Waals surface area contributed by atoms with Crippen molar-refractivity contribution in [1.29, 1.82) is 5.26 Å². The smallest absolute Gasteiger partial charge is 0.0689 e. The number of nitriles is 1. The number of rotatable bonds is 8. The van der Waals surface area contributed by atoms with Crippen LogP contribution < -0.4 is 0 Å². The quantitative estimate of drug-likeness (QED) is 0.466. The molecule has 1 rings (SSSR count). The van der Waals surface area contributed by atoms with Crippen LogP contribution in [0.15, 0.2) is 0 Å². The Labute approximate surface area is 120 Å². The van der Waals surface area contributed by atoms with Crippen LogP contribution in [0.5, 0.6) is 0 Å². The minimum absolute atomic E-state index is 0.0455. The van der Waals surface area contributed by atoms with Gasteiger partial charge in [-0.25, -0.2) is 0 Å². The van der Waals surface area contributed by atoms with E-state index in [-0.39, 0.29) is 5.41 Å². The molecule has 0 unspecified atom stereocenters. The van der Waals surface area contributed by atoms with Gasteiger partial charge >= 0.3 is 0 Å². The van der Waals surface area contributed by atoms with E-state index in [2.05, 4.69) is 13.0 Å². The summed E-state index contributed by atoms with van der Waals surface area (Å²) in [5, 5.41) is 9.58. The maximum atomic E-state index is 9.58. The highest BCUT2D eigenvalue weighted by Crippen LogP contribution is 2.38. The zero-order valence-corrected chi connectivity index (χ0v) is 13.1. The van der Waals surface area contributed by atoms with Gasteiger partial charge < -0.3 is 0 Å². The van der Waals surface area contributed by atoms with E-state index >= 15 is 0 Å². The minimum atomic E-state index is 0.0455. The first kappa shape index (κ1) is 16.5. The average molecular weight is 263 g/mol. The molecular formula is C18H33N. The highest BCUT2D eigenvalue weighted by atomic mass is 14.4. The Bertz CT molecular complexity index is 243. The lowest BCUT2D eigenvalue weighted by Crippen LogP contribution is -2.20. The summed E-state index contributed by atoms with van der Waals surface area (Å²) in [6.07, 6.45) is 19.7. The van der Waals surface area contributed by atoms with Gasteiger partial charge in [0.15, 0.2) is 0 Å². The van der Waals surface area contributed by atoms with Gasteiger partial charge in [-0.3, -0.25) is 0 Å². The lowest BCUT2D eigenvalue weighted by molar-refractivity contribution is 0.260. The molecule has 0 atom stereocenters. The molecule has 0 saturated heterocycles. The predicted octanol–water partition coefficient (Wildman–Crippen LogP) is 6.38. The first-order chi connectivity index (χ1) is 9.33. The number of hydrogen-bond acceptors (Lipinski definition) is 1. The Hall–Kier alpha value is -0.510. The van der Waals surface area contributed by atoms with Gasteiger partial charge in [0.25, 0.3) is 0 Å². The third-order valence-corrected chi connectivity index (χ3v) is 4.81. The Morgan fingerprint density at radius 3 is 1.89 bits per heavy atom. The fraction of sp³-hybridized carbons (Fsp3) is 0.944. The largest absolute Gasteiger partial charge is 0.198 e. The van der Waals surface area contributed by atoms with Crippen molar-refractivity contribution in [2.24, 2.45) is 5.41 Å². The summed E-state index contributed by atoms with van der Waals surface area (Å²) in [7, 11) is 0. The van der Waals surface area contributed by atoms with Gasteiger partial charge in [0.2, 0.25) is 0 Å². The lowest BCUT2D eigenvalue weighted by Gasteiger charge is -2.28. The third-order valence-electron chi connectivity index (χ3n) is 4.81. The maximum absolute atomic E-state index is 9.58. The van der Waals surface area contributed by atoms with E-state index in [1.54, 1.807) is 0 Å². The van der Waals surface area contributed by atoms with E-state index in [9.17, 15) is 5.26 Å². The van der Waals surface area contributed by atoms with Crippen LogP contribution in [-0.4, -0.2) is 0 Å². The van der Waals surface area contributed by atoms with Crippen molar-refractivity contribution in [2.75, 3.05) is 0 Å². The van der Waals surface area contributed by atoms with Gasteiger partial charge in [0.1, 0.15) is 0 Å². The van der Waals surface area contributed by atoms with E-state index in [1.807, 2.05) is 0 Å². The molecule has 110 valence electrons. The molecule has 1 nitrogen and oxygen atoms in total. The second-order valence-electron chi connectivity index (χ2n) is 6.53. The highest BCUT2D eigenvalue weighted by Gasteiger charge is 2.29. The summed E-state index contributed by atoms with van der Waals surface area (Å²) >= 11 is 0. The Morgan fingerprint density at radius 2 is 1.32 bits per heavy atom. The van der Waals surface area contributed by atoms with Gasteiger partial charge in [0, 0.05) is 0 Å². The summed E-state index contributed by atoms with van der Waals surface area (Å²) in [6, 6.07) is 2.70. The zero-order valence-electron chi connectivity index (χ0n) is 13.1. The summed E-state index contributed by atoms with van der Waals surface area (Å²) in [5.74, 6) is 0. The van der Waals surface area contributed by atoms with E-state index in [1.165, 1.54) is 89.9 Å². The van der Waals surface area contributed by atoms with Crippen molar-refractivity contribution < 1.29 is 0 Å². The fourth-order valence-corrected chi connectivity index (χ4v) is 3.42. The third kappa shape index (κ3) is 7.00. The van der Waals surface area contributed by atoms with Crippen LogP contribution in [0, 0.1) is 16.7 Å². The normalized spacial score (nSPS) is 19.4. The molecule has 19 heavy (non-hydrogen) atoms. The zero-order chi connectivity index (χ0) is 13.8. The molecule has 0 aromatic heterocycles. The van der Waals surface area contributed by atoms with Crippen LogP contribution in [0.4, 0.5) is 0 Å². The molecule has 0 aromatic carbocycles. The van der Waals surface area contributed by atoms with Gasteiger partial charge in [-0.1, -0.05) is 84.0 Å². The van der Waals surface area contributed by atoms with Crippen LogP contribution in [0.2, 0.25) is 0 Å². The van der Waals surface area contributed by atoms with E-state index in [0.717, 1.165) is 6.42 Å². The van der Waals surface area contributed by atoms with Crippen molar-refractivity contribution in [2.45, 2.75) is 103 Å². The van der Waals surface area contributed by atoms with Gasteiger partial charge in [0.05, 0.1) is 11.5 Å². The van der Waals surface area contributed by atoms with Crippen molar-refractivity contribution in [3.63, 3.8) is 0 Å². The Kier molecular flexibility index (Phi) is 8.97. The molecule has 0 heterocycles. The Morgan fingerprint density at radius 1 is 0.789 bits per heavy atom. The molecule has 1 heteroatoms. The standard InChI is InChI=1S/C18H33N/c1-2-3-4-5-6-8-11-14-18(17-19)15-12-9-7-10-13-16-18/h2-16H2,1H3. The van der Waals surface area contributed by atoms with Crippen LogP contribution in [0.1, 0.15) is 103 Å². The monoisotopic (exact) mass is 263 g/mol. The van der Waals surface area contributed by atoms with Crippen LogP contribution in [0.25, 0.3) is 0 Å². The first-order valence-corrected chi connectivity index (χ1v) is 8.74. The number of hydrogen-bond donors (Lipinski definition) is 0. The predicted molar refractivity (Wildman–Crippen MR) is 83.0 cm³/mol. The SMILES string of the molecule is CCCCCCCCCC1(C#N)CCCCCCC1. The maximum Gasteiger partial charge on any atom is 0.0689 e. The summed E-state index contributed by atoms with van der Waals surface area (Å²) in [5.41, 5.74) is 0.0455. The second kappa shape index (κ2) is 10.3. The molecule has 0 N–H and O–H groups in total. The fourth-order valence-electron chi connectivity index (χ4n) is 3.42. The van der Waals surface area contributed by atoms with E-state index in [0.29, 0.717) is 0 Å². The van der Waals surface area contributed by atoms with Gasteiger partial charge in [-0.15, -0.1) is 0 Å². The molecule has 0 spiro atoms. The van der Waals surface area contributed by atoms with Crippen LogP contribution in [0.3, 0.4) is 0 Å². The van der Waals surface area contributed by atoms with Crippen molar-refractivity contribution in [1.82, 2.24) is 0 Å². The molecule has 0 bridgehead atoms. The van der Waals surface area contributed by atoms with Crippen LogP contribution >= 0.6 is 0 Å². The number of unbranched alkanes of at least 4 members (excludes halogenated alkanes) is 6. The molecule has 0 radical (unpaired) electrons. The molecular weight excluding hydrogens is 230 g/mol. The second-order valence-corrected chi connectivity index (χ2v) is 6.53. The molecule has 1 aliphatic rings. The number of nitrogens with zero attached hydrogens (tertiary/aromatic N) is 1. The Balaban J connectivity index is 2.17. The van der Waals surface area contributed by atoms with Crippen LogP contribution in [-0.2, 0) is 0 Å². The first-order valence-electron chi connectivity index (χ1n) is 8.74. The molecule has 1 fully saturated rings. The molecule has 0 amide bonds. The molecule has 1 saturated carbocycles. The van der Waals surface area contributed by atoms with E-state index < -0.39 is 0 Å². The molecule has 0 aromatic rings. The summed E-state index contributed by atoms with van der Waals surface area (Å²) in [4.78, 5) is 0. The average Bonchev–Trinajstić information content (AvgIpc) is 2.40. The molecule has 0 aliphatic heterocycles.